The third-order valence-corrected chi connectivity index (χ3v) is 3.00. The summed E-state index contributed by atoms with van der Waals surface area (Å²) in [4.78, 5) is 11.5. The second-order valence-corrected chi connectivity index (χ2v) is 4.32. The number of fused-ring (bicyclic) bond motifs is 1. The average molecular weight is 299 g/mol. The molecule has 1 atom stereocenters. The van der Waals surface area contributed by atoms with Crippen LogP contribution in [0.2, 0.25) is 0 Å². The van der Waals surface area contributed by atoms with Gasteiger partial charge >= 0.3 is 5.97 Å². The number of rotatable bonds is 3. The van der Waals surface area contributed by atoms with Gasteiger partial charge in [0.1, 0.15) is 11.8 Å². The van der Waals surface area contributed by atoms with Gasteiger partial charge < -0.3 is 14.3 Å². The Hall–Kier alpha value is -1.33. The van der Waals surface area contributed by atoms with Gasteiger partial charge in [0, 0.05) is 10.9 Å². The van der Waals surface area contributed by atoms with Crippen molar-refractivity contribution in [3.8, 4) is 0 Å². The molecule has 0 bridgehead atoms. The third-order valence-electron chi connectivity index (χ3n) is 2.39. The van der Waals surface area contributed by atoms with Crippen LogP contribution < -0.4 is 0 Å². The van der Waals surface area contributed by atoms with E-state index >= 15 is 0 Å². The zero-order valence-electron chi connectivity index (χ0n) is 9.14. The molecule has 0 radical (unpaired) electrons. The molecular formula is C12H11BrO4. The molecule has 17 heavy (non-hydrogen) atoms. The molecule has 0 amide bonds. The zero-order valence-corrected chi connectivity index (χ0v) is 10.7. The minimum Gasteiger partial charge on any atom is -0.464 e. The highest BCUT2D eigenvalue weighted by atomic mass is 79.9. The van der Waals surface area contributed by atoms with E-state index in [9.17, 15) is 9.90 Å². The number of hydrogen-bond donors (Lipinski definition) is 1. The molecule has 1 aromatic heterocycles. The maximum absolute atomic E-state index is 11.5. The largest absolute Gasteiger partial charge is 0.464 e. The van der Waals surface area contributed by atoms with E-state index < -0.39 is 12.1 Å². The second-order valence-electron chi connectivity index (χ2n) is 3.46. The number of hydrogen-bond acceptors (Lipinski definition) is 4. The number of halogens is 1. The topological polar surface area (TPSA) is 59.7 Å². The van der Waals surface area contributed by atoms with Gasteiger partial charge in [0.05, 0.1) is 11.1 Å². The summed E-state index contributed by atoms with van der Waals surface area (Å²) in [7, 11) is 0. The van der Waals surface area contributed by atoms with Crippen LogP contribution in [0.5, 0.6) is 0 Å². The van der Waals surface area contributed by atoms with E-state index in [0.717, 1.165) is 9.86 Å². The molecule has 2 aromatic rings. The lowest BCUT2D eigenvalue weighted by Crippen LogP contribution is -2.15. The summed E-state index contributed by atoms with van der Waals surface area (Å²) < 4.78 is 10.9. The fourth-order valence-corrected chi connectivity index (χ4v) is 2.02. The van der Waals surface area contributed by atoms with Crippen molar-refractivity contribution in [3.63, 3.8) is 0 Å². The molecule has 2 rings (SSSR count). The van der Waals surface area contributed by atoms with Crippen LogP contribution in [-0.4, -0.2) is 17.7 Å². The summed E-state index contributed by atoms with van der Waals surface area (Å²) in [5, 5.41) is 10.7. The fourth-order valence-electron chi connectivity index (χ4n) is 1.61. The van der Waals surface area contributed by atoms with Crippen LogP contribution in [0.15, 0.2) is 33.4 Å². The highest BCUT2D eigenvalue weighted by Crippen LogP contribution is 2.31. The highest BCUT2D eigenvalue weighted by molar-refractivity contribution is 9.10. The van der Waals surface area contributed by atoms with E-state index in [2.05, 4.69) is 15.9 Å². The predicted molar refractivity (Wildman–Crippen MR) is 65.5 cm³/mol. The van der Waals surface area contributed by atoms with E-state index in [1.165, 1.54) is 6.26 Å². The summed E-state index contributed by atoms with van der Waals surface area (Å²) in [6.07, 6.45) is 0.197. The lowest BCUT2D eigenvalue weighted by atomic mass is 10.1. The summed E-state index contributed by atoms with van der Waals surface area (Å²) in [5.41, 5.74) is 0.895. The molecule has 0 aliphatic rings. The van der Waals surface area contributed by atoms with Crippen LogP contribution >= 0.6 is 15.9 Å². The van der Waals surface area contributed by atoms with Crippen molar-refractivity contribution in [2.24, 2.45) is 0 Å². The molecule has 0 spiro atoms. The number of benzene rings is 1. The standard InChI is InChI=1S/C12H11BrO4/c1-2-16-12(15)10(14)8-5-3-4-7-9(13)6-17-11(7)8/h3-6,10,14H,2H2,1H3. The van der Waals surface area contributed by atoms with Crippen LogP contribution in [0.3, 0.4) is 0 Å². The molecule has 90 valence electrons. The quantitative estimate of drug-likeness (QED) is 0.885. The molecule has 0 aliphatic carbocycles. The maximum Gasteiger partial charge on any atom is 0.339 e. The van der Waals surface area contributed by atoms with Gasteiger partial charge in [-0.25, -0.2) is 4.79 Å². The minimum atomic E-state index is -1.32. The fraction of sp³-hybridized carbons (Fsp3) is 0.250. The first kappa shape index (κ1) is 12.1. The monoisotopic (exact) mass is 298 g/mol. The number of carbonyl (C=O) groups excluding carboxylic acids is 1. The molecule has 0 saturated heterocycles. The van der Waals surface area contributed by atoms with Crippen molar-refractivity contribution in [3.05, 3.63) is 34.5 Å². The minimum absolute atomic E-state index is 0.230. The molecule has 5 heteroatoms. The van der Waals surface area contributed by atoms with E-state index in [0.29, 0.717) is 11.1 Å². The van der Waals surface area contributed by atoms with Crippen molar-refractivity contribution in [2.45, 2.75) is 13.0 Å². The van der Waals surface area contributed by atoms with Crippen molar-refractivity contribution in [1.29, 1.82) is 0 Å². The SMILES string of the molecule is CCOC(=O)C(O)c1cccc2c(Br)coc12. The van der Waals surface area contributed by atoms with Gasteiger partial charge in [-0.2, -0.15) is 0 Å². The summed E-state index contributed by atoms with van der Waals surface area (Å²) in [6.45, 7) is 1.92. The Balaban J connectivity index is 2.45. The molecule has 1 aromatic carbocycles. The number of carbonyl (C=O) groups is 1. The van der Waals surface area contributed by atoms with E-state index in [4.69, 9.17) is 9.15 Å². The van der Waals surface area contributed by atoms with Crippen LogP contribution in [0.1, 0.15) is 18.6 Å². The van der Waals surface area contributed by atoms with Crippen LogP contribution in [0.25, 0.3) is 11.0 Å². The number of aliphatic hydroxyl groups is 1. The number of furan rings is 1. The molecule has 1 N–H and O–H groups in total. The third kappa shape index (κ3) is 2.21. The Bertz CT molecular complexity index is 546. The Morgan fingerprint density at radius 2 is 2.35 bits per heavy atom. The van der Waals surface area contributed by atoms with Crippen molar-refractivity contribution in [1.82, 2.24) is 0 Å². The predicted octanol–water partition coefficient (Wildman–Crippen LogP) is 2.79. The smallest absolute Gasteiger partial charge is 0.339 e. The summed E-state index contributed by atoms with van der Waals surface area (Å²) in [6, 6.07) is 5.23. The number of ether oxygens (including phenoxy) is 1. The highest BCUT2D eigenvalue weighted by Gasteiger charge is 2.22. The van der Waals surface area contributed by atoms with E-state index in [-0.39, 0.29) is 6.61 Å². The zero-order chi connectivity index (χ0) is 12.4. The first-order chi connectivity index (χ1) is 8.15. The Labute approximate surface area is 106 Å². The van der Waals surface area contributed by atoms with Crippen molar-refractivity contribution < 1.29 is 19.1 Å². The maximum atomic E-state index is 11.5. The first-order valence-electron chi connectivity index (χ1n) is 5.15. The van der Waals surface area contributed by atoms with E-state index in [1.807, 2.05) is 6.07 Å². The molecule has 0 saturated carbocycles. The second kappa shape index (κ2) is 4.89. The molecule has 0 fully saturated rings. The summed E-state index contributed by atoms with van der Waals surface area (Å²) in [5.74, 6) is -0.674. The number of aliphatic hydroxyl groups excluding tert-OH is 1. The first-order valence-corrected chi connectivity index (χ1v) is 5.94. The van der Waals surface area contributed by atoms with E-state index in [1.54, 1.807) is 19.1 Å². The van der Waals surface area contributed by atoms with Gasteiger partial charge in [0.15, 0.2) is 6.10 Å². The Kier molecular flexibility index (Phi) is 3.49. The van der Waals surface area contributed by atoms with Gasteiger partial charge in [-0.05, 0) is 28.9 Å². The van der Waals surface area contributed by atoms with Crippen LogP contribution in [-0.2, 0) is 9.53 Å². The van der Waals surface area contributed by atoms with Gasteiger partial charge in [-0.15, -0.1) is 0 Å². The molecule has 4 nitrogen and oxygen atoms in total. The van der Waals surface area contributed by atoms with Crippen molar-refractivity contribution in [2.75, 3.05) is 6.61 Å². The molecule has 0 aliphatic heterocycles. The number of para-hydroxylation sites is 1. The van der Waals surface area contributed by atoms with Gasteiger partial charge in [-0.1, -0.05) is 12.1 Å². The molecular weight excluding hydrogens is 288 g/mol. The van der Waals surface area contributed by atoms with Gasteiger partial charge in [0.2, 0.25) is 0 Å². The van der Waals surface area contributed by atoms with Crippen LogP contribution in [0, 0.1) is 0 Å². The molecule has 1 heterocycles. The molecule has 1 unspecified atom stereocenters. The lowest BCUT2D eigenvalue weighted by molar-refractivity contribution is -0.153. The van der Waals surface area contributed by atoms with Gasteiger partial charge in [0.25, 0.3) is 0 Å². The normalized spacial score (nSPS) is 12.6. The Morgan fingerprint density at radius 3 is 3.06 bits per heavy atom. The van der Waals surface area contributed by atoms with Crippen molar-refractivity contribution >= 4 is 32.9 Å². The Morgan fingerprint density at radius 1 is 1.59 bits per heavy atom. The lowest BCUT2D eigenvalue weighted by Gasteiger charge is -2.09. The summed E-state index contributed by atoms with van der Waals surface area (Å²) >= 11 is 3.33. The number of esters is 1. The average Bonchev–Trinajstić information content (AvgIpc) is 2.71. The van der Waals surface area contributed by atoms with Crippen LogP contribution in [0.4, 0.5) is 0 Å². The van der Waals surface area contributed by atoms with Gasteiger partial charge in [-0.3, -0.25) is 0 Å².